The van der Waals surface area contributed by atoms with Crippen LogP contribution in [0, 0.1) is 0 Å². The monoisotopic (exact) mass is 315 g/mol. The first-order valence-electron chi connectivity index (χ1n) is 5.83. The summed E-state index contributed by atoms with van der Waals surface area (Å²) in [5, 5.41) is 4.24. The van der Waals surface area contributed by atoms with Crippen LogP contribution in [0.25, 0.3) is 0 Å². The van der Waals surface area contributed by atoms with Crippen molar-refractivity contribution < 1.29 is 13.2 Å². The van der Waals surface area contributed by atoms with Gasteiger partial charge in [-0.25, -0.2) is 13.1 Å². The Bertz CT molecular complexity index is 671. The van der Waals surface area contributed by atoms with Gasteiger partial charge in [-0.15, -0.1) is 0 Å². The molecule has 0 amide bonds. The first-order valence-corrected chi connectivity index (χ1v) is 7.69. The average molecular weight is 316 g/mol. The summed E-state index contributed by atoms with van der Waals surface area (Å²) in [5.41, 5.74) is 0. The average Bonchev–Trinajstić information content (AvgIpc) is 2.91. The van der Waals surface area contributed by atoms with Gasteiger partial charge in [-0.1, -0.05) is 11.6 Å². The largest absolute Gasteiger partial charge is 0.495 e. The summed E-state index contributed by atoms with van der Waals surface area (Å²) in [4.78, 5) is 0.101. The predicted molar refractivity (Wildman–Crippen MR) is 75.4 cm³/mol. The van der Waals surface area contributed by atoms with E-state index in [0.29, 0.717) is 12.3 Å². The fourth-order valence-electron chi connectivity index (χ4n) is 1.62. The SMILES string of the molecule is COc1ccc(S(=O)(=O)NCCn2cccn2)cc1Cl. The molecule has 0 aliphatic rings. The number of rotatable bonds is 6. The van der Waals surface area contributed by atoms with E-state index in [4.69, 9.17) is 16.3 Å². The van der Waals surface area contributed by atoms with E-state index < -0.39 is 10.0 Å². The van der Waals surface area contributed by atoms with Crippen LogP contribution in [0.3, 0.4) is 0 Å². The van der Waals surface area contributed by atoms with E-state index in [9.17, 15) is 8.42 Å². The van der Waals surface area contributed by atoms with Crippen LogP contribution in [-0.2, 0) is 16.6 Å². The van der Waals surface area contributed by atoms with Crippen LogP contribution in [0.1, 0.15) is 0 Å². The summed E-state index contributed by atoms with van der Waals surface area (Å²) >= 11 is 5.92. The number of hydrogen-bond donors (Lipinski definition) is 1. The molecule has 6 nitrogen and oxygen atoms in total. The molecule has 1 aromatic carbocycles. The van der Waals surface area contributed by atoms with E-state index in [0.717, 1.165) is 0 Å². The number of hydrogen-bond acceptors (Lipinski definition) is 4. The topological polar surface area (TPSA) is 73.2 Å². The fraction of sp³-hybridized carbons (Fsp3) is 0.250. The molecule has 0 spiro atoms. The van der Waals surface area contributed by atoms with Crippen LogP contribution < -0.4 is 9.46 Å². The molecule has 1 N–H and O–H groups in total. The summed E-state index contributed by atoms with van der Waals surface area (Å²) in [5.74, 6) is 0.433. The van der Waals surface area contributed by atoms with Gasteiger partial charge in [-0.05, 0) is 24.3 Å². The Kier molecular flexibility index (Phi) is 4.64. The molecule has 2 rings (SSSR count). The molecular formula is C12H14ClN3O3S. The minimum absolute atomic E-state index is 0.101. The third-order valence-corrected chi connectivity index (χ3v) is 4.38. The highest BCUT2D eigenvalue weighted by Crippen LogP contribution is 2.26. The molecule has 1 heterocycles. The van der Waals surface area contributed by atoms with E-state index in [2.05, 4.69) is 9.82 Å². The first kappa shape index (κ1) is 14.8. The van der Waals surface area contributed by atoms with Crippen LogP contribution in [0.5, 0.6) is 5.75 Å². The predicted octanol–water partition coefficient (Wildman–Crippen LogP) is 1.52. The Morgan fingerprint density at radius 2 is 2.25 bits per heavy atom. The van der Waals surface area contributed by atoms with Gasteiger partial charge in [-0.2, -0.15) is 5.10 Å². The molecule has 0 aliphatic carbocycles. The van der Waals surface area contributed by atoms with Gasteiger partial charge >= 0.3 is 0 Å². The Hall–Kier alpha value is -1.57. The van der Waals surface area contributed by atoms with Crippen molar-refractivity contribution in [3.05, 3.63) is 41.7 Å². The quantitative estimate of drug-likeness (QED) is 0.877. The highest BCUT2D eigenvalue weighted by atomic mass is 35.5. The molecular weight excluding hydrogens is 302 g/mol. The van der Waals surface area contributed by atoms with Crippen molar-refractivity contribution in [1.29, 1.82) is 0 Å². The second kappa shape index (κ2) is 6.25. The second-order valence-corrected chi connectivity index (χ2v) is 6.14. The molecule has 0 saturated heterocycles. The number of ether oxygens (including phenoxy) is 1. The lowest BCUT2D eigenvalue weighted by atomic mass is 10.3. The minimum Gasteiger partial charge on any atom is -0.495 e. The number of benzene rings is 1. The Morgan fingerprint density at radius 3 is 2.85 bits per heavy atom. The zero-order valence-corrected chi connectivity index (χ0v) is 12.4. The molecule has 108 valence electrons. The standard InChI is InChI=1S/C12H14ClN3O3S/c1-19-12-4-3-10(9-11(12)13)20(17,18)15-6-8-16-7-2-5-14-16/h2-5,7,9,15H,6,8H2,1H3. The highest BCUT2D eigenvalue weighted by molar-refractivity contribution is 7.89. The molecule has 0 atom stereocenters. The van der Waals surface area contributed by atoms with Crippen molar-refractivity contribution in [2.75, 3.05) is 13.7 Å². The van der Waals surface area contributed by atoms with E-state index in [1.807, 2.05) is 0 Å². The number of nitrogens with one attached hydrogen (secondary N) is 1. The zero-order valence-electron chi connectivity index (χ0n) is 10.8. The van der Waals surface area contributed by atoms with Gasteiger partial charge in [-0.3, -0.25) is 4.68 Å². The van der Waals surface area contributed by atoms with Gasteiger partial charge in [0.25, 0.3) is 0 Å². The summed E-state index contributed by atoms with van der Waals surface area (Å²) in [6.45, 7) is 0.698. The van der Waals surface area contributed by atoms with Gasteiger partial charge in [0.05, 0.1) is 23.6 Å². The molecule has 0 saturated carbocycles. The van der Waals surface area contributed by atoms with E-state index in [1.165, 1.54) is 25.3 Å². The van der Waals surface area contributed by atoms with Crippen LogP contribution in [0.15, 0.2) is 41.6 Å². The third-order valence-electron chi connectivity index (χ3n) is 2.63. The molecule has 0 unspecified atom stereocenters. The summed E-state index contributed by atoms with van der Waals surface area (Å²) in [6, 6.07) is 6.10. The van der Waals surface area contributed by atoms with Gasteiger partial charge in [0.15, 0.2) is 0 Å². The first-order chi connectivity index (χ1) is 9.53. The van der Waals surface area contributed by atoms with Gasteiger partial charge < -0.3 is 4.74 Å². The number of nitrogens with zero attached hydrogens (tertiary/aromatic N) is 2. The molecule has 1 aromatic heterocycles. The molecule has 0 bridgehead atoms. The number of sulfonamides is 1. The van der Waals surface area contributed by atoms with Gasteiger partial charge in [0, 0.05) is 18.9 Å². The van der Waals surface area contributed by atoms with Crippen molar-refractivity contribution in [2.45, 2.75) is 11.4 Å². The molecule has 0 radical (unpaired) electrons. The highest BCUT2D eigenvalue weighted by Gasteiger charge is 2.15. The molecule has 20 heavy (non-hydrogen) atoms. The van der Waals surface area contributed by atoms with Crippen molar-refractivity contribution in [3.63, 3.8) is 0 Å². The Labute approximate surface area is 122 Å². The van der Waals surface area contributed by atoms with E-state index in [1.54, 1.807) is 23.1 Å². The van der Waals surface area contributed by atoms with Crippen molar-refractivity contribution >= 4 is 21.6 Å². The minimum atomic E-state index is -3.59. The van der Waals surface area contributed by atoms with E-state index >= 15 is 0 Å². The van der Waals surface area contributed by atoms with Crippen LogP contribution >= 0.6 is 11.6 Å². The molecule has 2 aromatic rings. The number of methoxy groups -OCH3 is 1. The summed E-state index contributed by atoms with van der Waals surface area (Å²) in [6.07, 6.45) is 3.40. The molecule has 0 aliphatic heterocycles. The summed E-state index contributed by atoms with van der Waals surface area (Å²) in [7, 11) is -2.12. The lowest BCUT2D eigenvalue weighted by Gasteiger charge is -2.09. The maximum absolute atomic E-state index is 12.1. The summed E-state index contributed by atoms with van der Waals surface area (Å²) < 4.78 is 33.3. The lowest BCUT2D eigenvalue weighted by molar-refractivity contribution is 0.414. The van der Waals surface area contributed by atoms with Gasteiger partial charge in [0.1, 0.15) is 5.75 Å². The fourth-order valence-corrected chi connectivity index (χ4v) is 2.99. The molecule has 8 heteroatoms. The Morgan fingerprint density at radius 1 is 1.45 bits per heavy atom. The maximum Gasteiger partial charge on any atom is 0.240 e. The van der Waals surface area contributed by atoms with Gasteiger partial charge in [0.2, 0.25) is 10.0 Å². The van der Waals surface area contributed by atoms with Crippen molar-refractivity contribution in [1.82, 2.24) is 14.5 Å². The van der Waals surface area contributed by atoms with Crippen molar-refractivity contribution in [3.8, 4) is 5.75 Å². The third kappa shape index (κ3) is 3.50. The Balaban J connectivity index is 2.04. The zero-order chi connectivity index (χ0) is 14.6. The number of halogens is 1. The van der Waals surface area contributed by atoms with Crippen LogP contribution in [0.2, 0.25) is 5.02 Å². The van der Waals surface area contributed by atoms with Crippen LogP contribution in [0.4, 0.5) is 0 Å². The second-order valence-electron chi connectivity index (χ2n) is 3.96. The smallest absolute Gasteiger partial charge is 0.240 e. The lowest BCUT2D eigenvalue weighted by Crippen LogP contribution is -2.27. The van der Waals surface area contributed by atoms with Crippen LogP contribution in [-0.4, -0.2) is 31.9 Å². The maximum atomic E-state index is 12.1. The normalized spacial score (nSPS) is 11.5. The molecule has 0 fully saturated rings. The van der Waals surface area contributed by atoms with Crippen molar-refractivity contribution in [2.24, 2.45) is 0 Å². The number of aromatic nitrogens is 2. The van der Waals surface area contributed by atoms with E-state index in [-0.39, 0.29) is 16.5 Å².